The maximum absolute atomic E-state index is 12.3. The van der Waals surface area contributed by atoms with E-state index in [1.165, 1.54) is 5.56 Å². The van der Waals surface area contributed by atoms with Gasteiger partial charge in [-0.2, -0.15) is 5.10 Å². The number of hydrogen-bond donors (Lipinski definition) is 1. The van der Waals surface area contributed by atoms with Crippen LogP contribution in [0.5, 0.6) is 5.75 Å². The maximum Gasteiger partial charge on any atom is 0.275 e. The zero-order valence-electron chi connectivity index (χ0n) is 14.5. The summed E-state index contributed by atoms with van der Waals surface area (Å²) in [5.74, 6) is 0.792. The van der Waals surface area contributed by atoms with Crippen LogP contribution in [0.3, 0.4) is 0 Å². The van der Waals surface area contributed by atoms with Crippen molar-refractivity contribution in [3.05, 3.63) is 65.2 Å². The van der Waals surface area contributed by atoms with Gasteiger partial charge in [0.2, 0.25) is 0 Å². The van der Waals surface area contributed by atoms with Gasteiger partial charge in [0, 0.05) is 0 Å². The van der Waals surface area contributed by atoms with Crippen LogP contribution < -0.4 is 10.2 Å². The molecule has 24 heavy (non-hydrogen) atoms. The molecule has 0 saturated heterocycles. The third-order valence-electron chi connectivity index (χ3n) is 3.58. The molecule has 0 fully saturated rings. The number of carbonyl (C=O) groups excluding carboxylic acids is 1. The Morgan fingerprint density at radius 1 is 1.17 bits per heavy atom. The van der Waals surface area contributed by atoms with Crippen molar-refractivity contribution in [1.29, 1.82) is 0 Å². The van der Waals surface area contributed by atoms with Gasteiger partial charge in [-0.15, -0.1) is 0 Å². The van der Waals surface area contributed by atoms with E-state index in [0.29, 0.717) is 23.8 Å². The molecule has 1 N–H and O–H groups in total. The lowest BCUT2D eigenvalue weighted by atomic mass is 10.0. The highest BCUT2D eigenvalue weighted by molar-refractivity contribution is 5.97. The summed E-state index contributed by atoms with van der Waals surface area (Å²) in [7, 11) is 0. The van der Waals surface area contributed by atoms with Crippen molar-refractivity contribution < 1.29 is 9.53 Å². The predicted molar refractivity (Wildman–Crippen MR) is 97.8 cm³/mol. The van der Waals surface area contributed by atoms with Gasteiger partial charge in [0.05, 0.1) is 18.4 Å². The molecular formula is C20H24N2O2. The Hall–Kier alpha value is -2.62. The van der Waals surface area contributed by atoms with Crippen LogP contribution in [0.2, 0.25) is 0 Å². The molecule has 0 aliphatic carbocycles. The van der Waals surface area contributed by atoms with Gasteiger partial charge >= 0.3 is 0 Å². The Morgan fingerprint density at radius 2 is 1.88 bits per heavy atom. The molecule has 0 aliphatic heterocycles. The number of hydrogen-bond acceptors (Lipinski definition) is 3. The lowest BCUT2D eigenvalue weighted by Crippen LogP contribution is -2.18. The van der Waals surface area contributed by atoms with E-state index >= 15 is 0 Å². The van der Waals surface area contributed by atoms with E-state index < -0.39 is 0 Å². The van der Waals surface area contributed by atoms with Crippen molar-refractivity contribution in [2.24, 2.45) is 5.10 Å². The summed E-state index contributed by atoms with van der Waals surface area (Å²) in [6.45, 7) is 6.91. The third-order valence-corrected chi connectivity index (χ3v) is 3.58. The Kier molecular flexibility index (Phi) is 6.55. The van der Waals surface area contributed by atoms with Crippen LogP contribution in [0.4, 0.5) is 0 Å². The summed E-state index contributed by atoms with van der Waals surface area (Å²) in [5, 5.41) is 4.03. The van der Waals surface area contributed by atoms with Crippen molar-refractivity contribution in [2.75, 3.05) is 6.61 Å². The lowest BCUT2D eigenvalue weighted by Gasteiger charge is -2.09. The predicted octanol–water partition coefficient (Wildman–Crippen LogP) is 4.36. The molecule has 2 aromatic rings. The molecule has 4 nitrogen and oxygen atoms in total. The number of benzene rings is 2. The van der Waals surface area contributed by atoms with E-state index in [1.54, 1.807) is 18.3 Å². The van der Waals surface area contributed by atoms with Crippen molar-refractivity contribution in [2.45, 2.75) is 33.1 Å². The van der Waals surface area contributed by atoms with Gasteiger partial charge in [-0.3, -0.25) is 4.79 Å². The molecule has 0 atom stereocenters. The average molecular weight is 324 g/mol. The fourth-order valence-corrected chi connectivity index (χ4v) is 2.18. The molecule has 0 aromatic heterocycles. The van der Waals surface area contributed by atoms with Crippen LogP contribution in [-0.4, -0.2) is 18.7 Å². The standard InChI is InChI=1S/C20H24N2O2/c1-4-13-24-19-8-6-5-7-18(19)20(23)22-21-14-16-9-11-17(12-10-16)15(2)3/h5-12,14-15H,4,13H2,1-3H3,(H,22,23). The summed E-state index contributed by atoms with van der Waals surface area (Å²) in [5.41, 5.74) is 5.25. The number of amides is 1. The van der Waals surface area contributed by atoms with Crippen molar-refractivity contribution >= 4 is 12.1 Å². The molecule has 0 bridgehead atoms. The van der Waals surface area contributed by atoms with E-state index in [2.05, 4.69) is 36.5 Å². The van der Waals surface area contributed by atoms with E-state index in [-0.39, 0.29) is 5.91 Å². The SMILES string of the molecule is CCCOc1ccccc1C(=O)NN=Cc1ccc(C(C)C)cc1. The van der Waals surface area contributed by atoms with Crippen molar-refractivity contribution in [3.63, 3.8) is 0 Å². The highest BCUT2D eigenvalue weighted by atomic mass is 16.5. The maximum atomic E-state index is 12.3. The second kappa shape index (κ2) is 8.87. The van der Waals surface area contributed by atoms with Gasteiger partial charge in [-0.1, -0.05) is 57.2 Å². The zero-order chi connectivity index (χ0) is 17.4. The minimum absolute atomic E-state index is 0.281. The molecule has 0 saturated carbocycles. The van der Waals surface area contributed by atoms with Crippen LogP contribution in [0.1, 0.15) is 54.6 Å². The highest BCUT2D eigenvalue weighted by Gasteiger charge is 2.10. The van der Waals surface area contributed by atoms with Gasteiger partial charge in [0.25, 0.3) is 5.91 Å². The molecule has 0 radical (unpaired) electrons. The topological polar surface area (TPSA) is 50.7 Å². The summed E-state index contributed by atoms with van der Waals surface area (Å²) < 4.78 is 5.59. The largest absolute Gasteiger partial charge is 0.493 e. The molecule has 2 rings (SSSR count). The first-order valence-corrected chi connectivity index (χ1v) is 8.27. The van der Waals surface area contributed by atoms with Crippen molar-refractivity contribution in [1.82, 2.24) is 5.43 Å². The minimum Gasteiger partial charge on any atom is -0.493 e. The quantitative estimate of drug-likeness (QED) is 0.607. The minimum atomic E-state index is -0.281. The Labute approximate surface area is 143 Å². The Balaban J connectivity index is 2.00. The Morgan fingerprint density at radius 3 is 2.54 bits per heavy atom. The molecule has 0 aliphatic rings. The van der Waals surface area contributed by atoms with Crippen LogP contribution >= 0.6 is 0 Å². The summed E-state index contributed by atoms with van der Waals surface area (Å²) in [4.78, 5) is 12.3. The molecule has 0 unspecified atom stereocenters. The molecule has 0 spiro atoms. The zero-order valence-corrected chi connectivity index (χ0v) is 14.5. The molecular weight excluding hydrogens is 300 g/mol. The monoisotopic (exact) mass is 324 g/mol. The van der Waals surface area contributed by atoms with E-state index in [1.807, 2.05) is 31.2 Å². The lowest BCUT2D eigenvalue weighted by molar-refractivity contribution is 0.0951. The second-order valence-corrected chi connectivity index (χ2v) is 5.87. The van der Waals surface area contributed by atoms with Crippen LogP contribution in [0, 0.1) is 0 Å². The first kappa shape index (κ1) is 17.7. The number of para-hydroxylation sites is 1. The van der Waals surface area contributed by atoms with Gasteiger partial charge in [0.1, 0.15) is 5.75 Å². The average Bonchev–Trinajstić information content (AvgIpc) is 2.60. The molecule has 126 valence electrons. The van der Waals surface area contributed by atoms with E-state index in [4.69, 9.17) is 4.74 Å². The van der Waals surface area contributed by atoms with Gasteiger partial charge < -0.3 is 4.74 Å². The summed E-state index contributed by atoms with van der Waals surface area (Å²) in [6.07, 6.45) is 2.53. The number of ether oxygens (including phenoxy) is 1. The van der Waals surface area contributed by atoms with Crippen LogP contribution in [0.15, 0.2) is 53.6 Å². The van der Waals surface area contributed by atoms with Crippen LogP contribution in [0.25, 0.3) is 0 Å². The number of nitrogens with zero attached hydrogens (tertiary/aromatic N) is 1. The molecule has 0 heterocycles. The van der Waals surface area contributed by atoms with Gasteiger partial charge in [0.15, 0.2) is 0 Å². The van der Waals surface area contributed by atoms with Gasteiger partial charge in [-0.05, 0) is 35.6 Å². The number of rotatable bonds is 7. The molecule has 2 aromatic carbocycles. The van der Waals surface area contributed by atoms with E-state index in [0.717, 1.165) is 12.0 Å². The Bertz CT molecular complexity index is 691. The molecule has 1 amide bonds. The van der Waals surface area contributed by atoms with Crippen LogP contribution in [-0.2, 0) is 0 Å². The van der Waals surface area contributed by atoms with Gasteiger partial charge in [-0.25, -0.2) is 5.43 Å². The fraction of sp³-hybridized carbons (Fsp3) is 0.300. The first-order chi connectivity index (χ1) is 11.6. The molecule has 4 heteroatoms. The highest BCUT2D eigenvalue weighted by Crippen LogP contribution is 2.18. The number of carbonyl (C=O) groups is 1. The summed E-state index contributed by atoms with van der Waals surface area (Å²) >= 11 is 0. The summed E-state index contributed by atoms with van der Waals surface area (Å²) in [6, 6.07) is 15.3. The smallest absolute Gasteiger partial charge is 0.275 e. The van der Waals surface area contributed by atoms with E-state index in [9.17, 15) is 4.79 Å². The normalized spacial score (nSPS) is 11.0. The third kappa shape index (κ3) is 4.95. The fourth-order valence-electron chi connectivity index (χ4n) is 2.18. The second-order valence-electron chi connectivity index (χ2n) is 5.87. The number of nitrogens with one attached hydrogen (secondary N) is 1. The first-order valence-electron chi connectivity index (χ1n) is 8.27. The van der Waals surface area contributed by atoms with Crippen molar-refractivity contribution in [3.8, 4) is 5.75 Å². The number of hydrazone groups is 1.